The van der Waals surface area contributed by atoms with E-state index in [1.807, 2.05) is 0 Å². The van der Waals surface area contributed by atoms with Gasteiger partial charge in [-0.25, -0.2) is 17.7 Å². The zero-order chi connectivity index (χ0) is 13.2. The molecule has 0 aliphatic rings. The number of sulfonamides is 1. The molecule has 0 saturated heterocycles. The molecule has 0 saturated carbocycles. The lowest BCUT2D eigenvalue weighted by Gasteiger charge is -2.20. The van der Waals surface area contributed by atoms with Gasteiger partial charge in [0, 0.05) is 13.1 Å². The number of rotatable bonds is 3. The Labute approximate surface area is 101 Å². The number of ether oxygens (including phenoxy) is 1. The lowest BCUT2D eigenvalue weighted by molar-refractivity contribution is -0.115. The fourth-order valence-electron chi connectivity index (χ4n) is 1.34. The van der Waals surface area contributed by atoms with Gasteiger partial charge in [-0.15, -0.1) is 0 Å². The van der Waals surface area contributed by atoms with E-state index in [0.29, 0.717) is 4.31 Å². The van der Waals surface area contributed by atoms with Gasteiger partial charge in [0.1, 0.15) is 13.5 Å². The molecule has 1 heterocycles. The van der Waals surface area contributed by atoms with Crippen LogP contribution in [0.25, 0.3) is 0 Å². The molecule has 1 amide bonds. The smallest absolute Gasteiger partial charge is 0.238 e. The number of amides is 1. The van der Waals surface area contributed by atoms with Crippen molar-refractivity contribution in [2.24, 2.45) is 0 Å². The van der Waals surface area contributed by atoms with Crippen molar-refractivity contribution in [2.75, 3.05) is 17.7 Å². The number of nitrogens with zero attached hydrogens (tertiary/aromatic N) is 2. The SMILES string of the molecule is [B]c1cnc(OC)c(N(C(C)=O)S(C)(=O)=O)c1. The summed E-state index contributed by atoms with van der Waals surface area (Å²) >= 11 is 0. The third-order valence-corrected chi connectivity index (χ3v) is 3.00. The highest BCUT2D eigenvalue weighted by Gasteiger charge is 2.25. The largest absolute Gasteiger partial charge is 0.479 e. The van der Waals surface area contributed by atoms with Crippen molar-refractivity contribution in [3.05, 3.63) is 12.3 Å². The third kappa shape index (κ3) is 2.97. The molecular weight excluding hydrogens is 243 g/mol. The van der Waals surface area contributed by atoms with Crippen LogP contribution in [-0.2, 0) is 14.8 Å². The number of hydrogen-bond acceptors (Lipinski definition) is 5. The molecule has 1 rings (SSSR count). The van der Waals surface area contributed by atoms with Gasteiger partial charge in [0.15, 0.2) is 0 Å². The maximum Gasteiger partial charge on any atom is 0.238 e. The molecule has 2 radical (unpaired) electrons. The Morgan fingerprint density at radius 3 is 2.53 bits per heavy atom. The minimum Gasteiger partial charge on any atom is -0.479 e. The number of carbonyl (C=O) groups is 1. The molecule has 0 atom stereocenters. The highest BCUT2D eigenvalue weighted by Crippen LogP contribution is 2.26. The molecule has 0 N–H and O–H groups in total. The van der Waals surface area contributed by atoms with Crippen LogP contribution in [0.15, 0.2) is 12.3 Å². The highest BCUT2D eigenvalue weighted by atomic mass is 32.2. The van der Waals surface area contributed by atoms with Crippen LogP contribution in [0.5, 0.6) is 5.88 Å². The molecule has 17 heavy (non-hydrogen) atoms. The lowest BCUT2D eigenvalue weighted by Crippen LogP contribution is -2.35. The summed E-state index contributed by atoms with van der Waals surface area (Å²) in [6.07, 6.45) is 2.22. The van der Waals surface area contributed by atoms with E-state index in [4.69, 9.17) is 12.6 Å². The predicted molar refractivity (Wildman–Crippen MR) is 64.2 cm³/mol. The quantitative estimate of drug-likeness (QED) is 0.660. The fraction of sp³-hybridized carbons (Fsp3) is 0.333. The van der Waals surface area contributed by atoms with Crippen LogP contribution in [0.4, 0.5) is 5.69 Å². The highest BCUT2D eigenvalue weighted by molar-refractivity contribution is 7.92. The van der Waals surface area contributed by atoms with Crippen molar-refractivity contribution >= 4 is 34.9 Å². The van der Waals surface area contributed by atoms with E-state index in [-0.39, 0.29) is 17.0 Å². The van der Waals surface area contributed by atoms with Crippen molar-refractivity contribution in [3.8, 4) is 5.88 Å². The Bertz CT molecular complexity index is 544. The first-order valence-corrected chi connectivity index (χ1v) is 6.42. The van der Waals surface area contributed by atoms with Crippen LogP contribution in [0.2, 0.25) is 0 Å². The second-order valence-electron chi connectivity index (χ2n) is 3.34. The second-order valence-corrected chi connectivity index (χ2v) is 5.17. The van der Waals surface area contributed by atoms with Gasteiger partial charge in [-0.3, -0.25) is 4.79 Å². The maximum atomic E-state index is 11.5. The molecule has 0 bridgehead atoms. The molecule has 0 aromatic carbocycles. The molecular formula is C9H11BN2O4S. The predicted octanol–water partition coefficient (Wildman–Crippen LogP) is -0.804. The first-order chi connectivity index (χ1) is 7.77. The van der Waals surface area contributed by atoms with Gasteiger partial charge in [0.05, 0.1) is 13.4 Å². The number of hydrogen-bond donors (Lipinski definition) is 0. The average molecular weight is 254 g/mol. The van der Waals surface area contributed by atoms with Crippen LogP contribution in [-0.4, -0.2) is 40.5 Å². The number of carbonyl (C=O) groups excluding carboxylic acids is 1. The summed E-state index contributed by atoms with van der Waals surface area (Å²) < 4.78 is 28.6. The molecule has 1 aromatic rings. The average Bonchev–Trinajstić information content (AvgIpc) is 2.15. The van der Waals surface area contributed by atoms with E-state index >= 15 is 0 Å². The van der Waals surface area contributed by atoms with Crippen LogP contribution in [0.1, 0.15) is 6.92 Å². The maximum absolute atomic E-state index is 11.5. The van der Waals surface area contributed by atoms with Gasteiger partial charge in [-0.05, 0) is 6.07 Å². The summed E-state index contributed by atoms with van der Waals surface area (Å²) in [5.74, 6) is -0.655. The van der Waals surface area contributed by atoms with Gasteiger partial charge < -0.3 is 4.74 Å². The first kappa shape index (κ1) is 13.5. The number of pyridine rings is 1. The molecule has 0 aliphatic heterocycles. The van der Waals surface area contributed by atoms with Crippen molar-refractivity contribution < 1.29 is 17.9 Å². The molecule has 0 fully saturated rings. The Morgan fingerprint density at radius 2 is 2.12 bits per heavy atom. The minimum atomic E-state index is -3.76. The monoisotopic (exact) mass is 254 g/mol. The Hall–Kier alpha value is -1.57. The molecule has 1 aromatic heterocycles. The van der Waals surface area contributed by atoms with E-state index in [1.54, 1.807) is 0 Å². The van der Waals surface area contributed by atoms with Crippen molar-refractivity contribution in [2.45, 2.75) is 6.92 Å². The Balaban J connectivity index is 3.48. The Morgan fingerprint density at radius 1 is 1.53 bits per heavy atom. The van der Waals surface area contributed by atoms with E-state index in [9.17, 15) is 13.2 Å². The topological polar surface area (TPSA) is 76.6 Å². The van der Waals surface area contributed by atoms with Crippen LogP contribution in [0.3, 0.4) is 0 Å². The molecule has 0 aliphatic carbocycles. The zero-order valence-corrected chi connectivity index (χ0v) is 10.5. The van der Waals surface area contributed by atoms with Gasteiger partial charge in [-0.1, -0.05) is 5.46 Å². The molecule has 0 unspecified atom stereocenters. The number of anilines is 1. The summed E-state index contributed by atoms with van der Waals surface area (Å²) in [5, 5.41) is 0. The van der Waals surface area contributed by atoms with Crippen LogP contribution < -0.4 is 14.5 Å². The summed E-state index contributed by atoms with van der Waals surface area (Å²) in [4.78, 5) is 15.2. The molecule has 8 heteroatoms. The fourth-order valence-corrected chi connectivity index (χ4v) is 2.30. The van der Waals surface area contributed by atoms with Gasteiger partial charge in [0.2, 0.25) is 21.8 Å². The third-order valence-electron chi connectivity index (χ3n) is 1.88. The molecule has 6 nitrogen and oxygen atoms in total. The van der Waals surface area contributed by atoms with E-state index in [2.05, 4.69) is 4.98 Å². The summed E-state index contributed by atoms with van der Waals surface area (Å²) in [5.41, 5.74) is 0.234. The standard InChI is InChI=1S/C9H11BN2O4S/c1-6(13)12(17(3,14)15)8-4-7(10)5-11-9(8)16-2/h4-5H,1-3H3. The van der Waals surface area contributed by atoms with E-state index < -0.39 is 15.9 Å². The van der Waals surface area contributed by atoms with E-state index in [1.165, 1.54) is 19.4 Å². The number of methoxy groups -OCH3 is 1. The molecule has 90 valence electrons. The van der Waals surface area contributed by atoms with Crippen LogP contribution in [0, 0.1) is 0 Å². The molecule has 0 spiro atoms. The van der Waals surface area contributed by atoms with Gasteiger partial charge >= 0.3 is 0 Å². The number of aromatic nitrogens is 1. The Kier molecular flexibility index (Phi) is 3.77. The summed E-state index contributed by atoms with van der Waals surface area (Å²) in [6, 6.07) is 1.31. The van der Waals surface area contributed by atoms with Crippen molar-refractivity contribution in [1.29, 1.82) is 0 Å². The van der Waals surface area contributed by atoms with Crippen molar-refractivity contribution in [1.82, 2.24) is 4.98 Å². The first-order valence-electron chi connectivity index (χ1n) is 4.57. The lowest BCUT2D eigenvalue weighted by atomic mass is 9.98. The summed E-state index contributed by atoms with van der Waals surface area (Å²) in [7, 11) is 3.08. The summed E-state index contributed by atoms with van der Waals surface area (Å²) in [6.45, 7) is 1.13. The van der Waals surface area contributed by atoms with Gasteiger partial charge in [0.25, 0.3) is 0 Å². The van der Waals surface area contributed by atoms with E-state index in [0.717, 1.165) is 13.2 Å². The van der Waals surface area contributed by atoms with Crippen LogP contribution >= 0.6 is 0 Å². The zero-order valence-electron chi connectivity index (χ0n) is 9.67. The van der Waals surface area contributed by atoms with Gasteiger partial charge in [-0.2, -0.15) is 0 Å². The minimum absolute atomic E-state index is 0.00231. The van der Waals surface area contributed by atoms with Crippen molar-refractivity contribution in [3.63, 3.8) is 0 Å². The second kappa shape index (κ2) is 4.74. The normalized spacial score (nSPS) is 11.0.